The Hall–Kier alpha value is -3.71. The Morgan fingerprint density at radius 2 is 1.57 bits per heavy atom. The number of pyridine rings is 1. The van der Waals surface area contributed by atoms with Crippen molar-refractivity contribution in [2.24, 2.45) is 0 Å². The lowest BCUT2D eigenvalue weighted by Crippen LogP contribution is -2.34. The molecule has 0 fully saturated rings. The predicted octanol–water partition coefficient (Wildman–Crippen LogP) is 3.06. The molecule has 8 heteroatoms. The molecule has 7 nitrogen and oxygen atoms in total. The molecule has 2 amide bonds. The van der Waals surface area contributed by atoms with Gasteiger partial charge in [-0.15, -0.1) is 0 Å². The fourth-order valence-electron chi connectivity index (χ4n) is 2.84. The number of halogens is 1. The number of imide groups is 1. The van der Waals surface area contributed by atoms with Gasteiger partial charge >= 0.3 is 5.97 Å². The first-order valence-corrected chi connectivity index (χ1v) is 8.53. The molecule has 1 N–H and O–H groups in total. The van der Waals surface area contributed by atoms with Crippen molar-refractivity contribution >= 4 is 29.4 Å². The number of amides is 2. The van der Waals surface area contributed by atoms with E-state index in [9.17, 15) is 19.2 Å². The van der Waals surface area contributed by atoms with E-state index in [0.717, 1.165) is 0 Å². The molecule has 0 aliphatic carbocycles. The summed E-state index contributed by atoms with van der Waals surface area (Å²) in [5.41, 5.74) is 0.298. The topological polar surface area (TPSA) is 96.5 Å². The van der Waals surface area contributed by atoms with Crippen LogP contribution in [0.15, 0.2) is 65.5 Å². The summed E-state index contributed by atoms with van der Waals surface area (Å²) in [4.78, 5) is 56.7. The van der Waals surface area contributed by atoms with E-state index in [4.69, 9.17) is 16.4 Å². The number of hydroxylamine groups is 2. The maximum atomic E-state index is 12.4. The standard InChI is InChI=1S/C20H11ClN2O5/c21-12-5-3-4-11(10-12)16-9-8-15(17(24)22-16)20(27)28-23-18(25)13-6-1-2-7-14(13)19(23)26/h1-10H,(H,22,24). The van der Waals surface area contributed by atoms with E-state index in [1.54, 1.807) is 36.4 Å². The average Bonchev–Trinajstić information content (AvgIpc) is 2.93. The quantitative estimate of drug-likeness (QED) is 0.688. The molecule has 0 unspecified atom stereocenters. The number of hydrogen-bond donors (Lipinski definition) is 1. The highest BCUT2D eigenvalue weighted by atomic mass is 35.5. The summed E-state index contributed by atoms with van der Waals surface area (Å²) in [6.07, 6.45) is 0. The molecule has 1 aromatic heterocycles. The molecule has 0 bridgehead atoms. The highest BCUT2D eigenvalue weighted by Crippen LogP contribution is 2.23. The largest absolute Gasteiger partial charge is 0.369 e. The minimum atomic E-state index is -1.12. The van der Waals surface area contributed by atoms with Crippen LogP contribution in [0.3, 0.4) is 0 Å². The highest BCUT2D eigenvalue weighted by molar-refractivity contribution is 6.30. The van der Waals surface area contributed by atoms with Crippen LogP contribution in [-0.4, -0.2) is 27.8 Å². The first-order valence-electron chi connectivity index (χ1n) is 8.15. The summed E-state index contributed by atoms with van der Waals surface area (Å²) < 4.78 is 0. The molecule has 0 spiro atoms. The van der Waals surface area contributed by atoms with Crippen molar-refractivity contribution in [2.75, 3.05) is 0 Å². The second kappa shape index (κ2) is 6.79. The fourth-order valence-corrected chi connectivity index (χ4v) is 3.03. The van der Waals surface area contributed by atoms with Crippen molar-refractivity contribution in [2.45, 2.75) is 0 Å². The zero-order valence-corrected chi connectivity index (χ0v) is 14.9. The Kier molecular flexibility index (Phi) is 4.29. The van der Waals surface area contributed by atoms with Gasteiger partial charge in [0.1, 0.15) is 5.56 Å². The minimum Gasteiger partial charge on any atom is -0.324 e. The zero-order chi connectivity index (χ0) is 19.8. The summed E-state index contributed by atoms with van der Waals surface area (Å²) in [6.45, 7) is 0. The van der Waals surface area contributed by atoms with Crippen molar-refractivity contribution < 1.29 is 19.2 Å². The number of nitrogens with zero attached hydrogens (tertiary/aromatic N) is 1. The molecule has 2 heterocycles. The van der Waals surface area contributed by atoms with Crippen molar-refractivity contribution in [1.82, 2.24) is 10.0 Å². The van der Waals surface area contributed by atoms with E-state index < -0.39 is 23.3 Å². The highest BCUT2D eigenvalue weighted by Gasteiger charge is 2.39. The number of rotatable bonds is 3. The van der Waals surface area contributed by atoms with Gasteiger partial charge in [-0.25, -0.2) is 4.79 Å². The molecule has 1 aliphatic rings. The van der Waals surface area contributed by atoms with Crippen molar-refractivity contribution in [1.29, 1.82) is 0 Å². The van der Waals surface area contributed by atoms with Crippen LogP contribution in [0.1, 0.15) is 31.1 Å². The van der Waals surface area contributed by atoms with Crippen molar-refractivity contribution in [3.63, 3.8) is 0 Å². The van der Waals surface area contributed by atoms with Crippen LogP contribution in [0, 0.1) is 0 Å². The summed E-state index contributed by atoms with van der Waals surface area (Å²) in [5, 5.41) is 0.851. The zero-order valence-electron chi connectivity index (χ0n) is 14.1. The van der Waals surface area contributed by atoms with Crippen LogP contribution in [0.2, 0.25) is 5.02 Å². The number of fused-ring (bicyclic) bond motifs is 1. The van der Waals surface area contributed by atoms with Gasteiger partial charge in [0.15, 0.2) is 0 Å². The molecule has 3 aromatic rings. The molecular weight excluding hydrogens is 384 g/mol. The molecule has 2 aromatic carbocycles. The molecular formula is C20H11ClN2O5. The van der Waals surface area contributed by atoms with Gasteiger partial charge in [-0.3, -0.25) is 14.4 Å². The van der Waals surface area contributed by atoms with Crippen molar-refractivity contribution in [3.05, 3.63) is 92.7 Å². The van der Waals surface area contributed by atoms with Crippen LogP contribution in [0.25, 0.3) is 11.3 Å². The SMILES string of the molecule is O=C(ON1C(=O)c2ccccc2C1=O)c1ccc(-c2cccc(Cl)c2)[nH]c1=O. The molecule has 0 saturated carbocycles. The van der Waals surface area contributed by atoms with E-state index in [-0.39, 0.29) is 16.7 Å². The van der Waals surface area contributed by atoms with Crippen LogP contribution in [0.4, 0.5) is 0 Å². The fraction of sp³-hybridized carbons (Fsp3) is 0. The second-order valence-electron chi connectivity index (χ2n) is 5.95. The van der Waals surface area contributed by atoms with Gasteiger partial charge in [-0.05, 0) is 42.0 Å². The summed E-state index contributed by atoms with van der Waals surface area (Å²) >= 11 is 5.94. The molecule has 28 heavy (non-hydrogen) atoms. The minimum absolute atomic E-state index is 0.130. The van der Waals surface area contributed by atoms with Crippen LogP contribution in [0.5, 0.6) is 0 Å². The number of aromatic nitrogens is 1. The Bertz CT molecular complexity index is 1170. The average molecular weight is 395 g/mol. The predicted molar refractivity (Wildman–Crippen MR) is 99.9 cm³/mol. The Morgan fingerprint density at radius 3 is 2.18 bits per heavy atom. The normalized spacial score (nSPS) is 12.8. The molecule has 1 aliphatic heterocycles. The number of carbonyl (C=O) groups is 3. The van der Waals surface area contributed by atoms with Crippen LogP contribution >= 0.6 is 11.6 Å². The van der Waals surface area contributed by atoms with Gasteiger partial charge in [0.25, 0.3) is 17.4 Å². The first-order chi connectivity index (χ1) is 13.5. The second-order valence-corrected chi connectivity index (χ2v) is 6.39. The van der Waals surface area contributed by atoms with E-state index in [2.05, 4.69) is 4.98 Å². The molecule has 0 saturated heterocycles. The number of aromatic amines is 1. The maximum absolute atomic E-state index is 12.4. The van der Waals surface area contributed by atoms with Gasteiger partial charge in [0.2, 0.25) is 0 Å². The van der Waals surface area contributed by atoms with E-state index in [0.29, 0.717) is 21.3 Å². The monoisotopic (exact) mass is 394 g/mol. The summed E-state index contributed by atoms with van der Waals surface area (Å²) in [6, 6.07) is 15.7. The lowest BCUT2D eigenvalue weighted by molar-refractivity contribution is -0.0585. The van der Waals surface area contributed by atoms with Crippen LogP contribution < -0.4 is 5.56 Å². The number of benzene rings is 2. The van der Waals surface area contributed by atoms with Crippen molar-refractivity contribution in [3.8, 4) is 11.3 Å². The Morgan fingerprint density at radius 1 is 0.893 bits per heavy atom. The molecule has 0 atom stereocenters. The Labute approximate surface area is 163 Å². The van der Waals surface area contributed by atoms with E-state index in [1.807, 2.05) is 0 Å². The lowest BCUT2D eigenvalue weighted by Gasteiger charge is -2.12. The number of hydrogen-bond acceptors (Lipinski definition) is 5. The number of nitrogens with one attached hydrogen (secondary N) is 1. The molecule has 4 rings (SSSR count). The van der Waals surface area contributed by atoms with Gasteiger partial charge in [-0.2, -0.15) is 0 Å². The van der Waals surface area contributed by atoms with Gasteiger partial charge in [0, 0.05) is 10.7 Å². The van der Waals surface area contributed by atoms with Gasteiger partial charge < -0.3 is 9.82 Å². The third-order valence-corrected chi connectivity index (χ3v) is 4.43. The summed E-state index contributed by atoms with van der Waals surface area (Å²) in [5.74, 6) is -2.64. The third kappa shape index (κ3) is 2.97. The van der Waals surface area contributed by atoms with Crippen LogP contribution in [-0.2, 0) is 4.84 Å². The lowest BCUT2D eigenvalue weighted by atomic mass is 10.1. The number of H-pyrrole nitrogens is 1. The molecule has 0 radical (unpaired) electrons. The van der Waals surface area contributed by atoms with Gasteiger partial charge in [-0.1, -0.05) is 40.9 Å². The molecule has 138 valence electrons. The van der Waals surface area contributed by atoms with E-state index >= 15 is 0 Å². The first kappa shape index (κ1) is 17.7. The Balaban J connectivity index is 1.59. The van der Waals surface area contributed by atoms with E-state index in [1.165, 1.54) is 24.3 Å². The number of carbonyl (C=O) groups excluding carboxylic acids is 3. The third-order valence-electron chi connectivity index (χ3n) is 4.20. The maximum Gasteiger partial charge on any atom is 0.369 e. The van der Waals surface area contributed by atoms with Gasteiger partial charge in [0.05, 0.1) is 11.1 Å². The summed E-state index contributed by atoms with van der Waals surface area (Å²) in [7, 11) is 0. The smallest absolute Gasteiger partial charge is 0.324 e.